The average Bonchev–Trinajstić information content (AvgIpc) is 3.22. The number of nitrogens with zero attached hydrogens (tertiary/aromatic N) is 2. The highest BCUT2D eigenvalue weighted by atomic mass is 19.1. The Morgan fingerprint density at radius 2 is 2.16 bits per heavy atom. The summed E-state index contributed by atoms with van der Waals surface area (Å²) in [5.41, 5.74) is 1.66. The van der Waals surface area contributed by atoms with Crippen molar-refractivity contribution in [2.75, 3.05) is 40.3 Å². The highest BCUT2D eigenvalue weighted by Crippen LogP contribution is 2.32. The van der Waals surface area contributed by atoms with Crippen LogP contribution in [0.25, 0.3) is 0 Å². The van der Waals surface area contributed by atoms with Crippen LogP contribution in [0.3, 0.4) is 0 Å². The summed E-state index contributed by atoms with van der Waals surface area (Å²) in [5, 5.41) is 3.11. The molecule has 1 aliphatic carbocycles. The molecule has 2 amide bonds. The lowest BCUT2D eigenvalue weighted by atomic mass is 10.1. The van der Waals surface area contributed by atoms with Crippen LogP contribution in [0, 0.1) is 5.82 Å². The predicted octanol–water partition coefficient (Wildman–Crippen LogP) is 2.57. The number of fused-ring (bicyclic) bond motifs is 1. The Balaban J connectivity index is 1.64. The molecule has 0 spiro atoms. The summed E-state index contributed by atoms with van der Waals surface area (Å²) in [7, 11) is 4.00. The van der Waals surface area contributed by atoms with E-state index in [1.807, 2.05) is 25.1 Å². The molecule has 5 nitrogen and oxygen atoms in total. The van der Waals surface area contributed by atoms with E-state index >= 15 is 0 Å². The highest BCUT2D eigenvalue weighted by molar-refractivity contribution is 5.75. The molecule has 0 unspecified atom stereocenters. The van der Waals surface area contributed by atoms with E-state index in [0.29, 0.717) is 19.5 Å². The molecule has 25 heavy (non-hydrogen) atoms. The van der Waals surface area contributed by atoms with Crippen molar-refractivity contribution in [2.24, 2.45) is 0 Å². The van der Waals surface area contributed by atoms with Crippen molar-refractivity contribution < 1.29 is 13.9 Å². The van der Waals surface area contributed by atoms with Gasteiger partial charge in [-0.1, -0.05) is 12.1 Å². The van der Waals surface area contributed by atoms with Crippen molar-refractivity contribution in [3.8, 4) is 0 Å². The number of urea groups is 1. The molecule has 0 aromatic heterocycles. The van der Waals surface area contributed by atoms with E-state index in [4.69, 9.17) is 4.74 Å². The van der Waals surface area contributed by atoms with E-state index in [9.17, 15) is 9.18 Å². The molecule has 138 valence electrons. The molecule has 1 saturated heterocycles. The maximum absolute atomic E-state index is 13.9. The normalized spacial score (nSPS) is 22.2. The zero-order valence-electron chi connectivity index (χ0n) is 15.1. The predicted molar refractivity (Wildman–Crippen MR) is 95.1 cm³/mol. The number of amides is 2. The average molecular weight is 349 g/mol. The topological polar surface area (TPSA) is 44.8 Å². The van der Waals surface area contributed by atoms with Crippen LogP contribution in [-0.4, -0.2) is 62.3 Å². The number of halogens is 1. The van der Waals surface area contributed by atoms with Gasteiger partial charge >= 0.3 is 6.03 Å². The van der Waals surface area contributed by atoms with Crippen LogP contribution in [0.4, 0.5) is 9.18 Å². The minimum absolute atomic E-state index is 0.0838. The van der Waals surface area contributed by atoms with Crippen molar-refractivity contribution in [1.82, 2.24) is 15.1 Å². The molecule has 3 rings (SSSR count). The van der Waals surface area contributed by atoms with Gasteiger partial charge in [-0.15, -0.1) is 0 Å². The van der Waals surface area contributed by atoms with Gasteiger partial charge in [-0.25, -0.2) is 9.18 Å². The minimum atomic E-state index is -0.168. The van der Waals surface area contributed by atoms with Gasteiger partial charge in [0, 0.05) is 26.2 Å². The molecule has 1 aliphatic heterocycles. The molecule has 0 bridgehead atoms. The van der Waals surface area contributed by atoms with Gasteiger partial charge < -0.3 is 19.9 Å². The van der Waals surface area contributed by atoms with Crippen LogP contribution in [0.1, 0.15) is 36.4 Å². The number of nitrogens with one attached hydrogen (secondary N) is 1. The Labute approximate surface area is 149 Å². The second-order valence-corrected chi connectivity index (χ2v) is 7.23. The quantitative estimate of drug-likeness (QED) is 0.858. The van der Waals surface area contributed by atoms with Gasteiger partial charge in [-0.05, 0) is 57.0 Å². The number of hydrogen-bond donors (Lipinski definition) is 1. The summed E-state index contributed by atoms with van der Waals surface area (Å²) in [4.78, 5) is 16.7. The van der Waals surface area contributed by atoms with Gasteiger partial charge in [-0.3, -0.25) is 0 Å². The lowest BCUT2D eigenvalue weighted by Gasteiger charge is -2.28. The first kappa shape index (κ1) is 18.1. The summed E-state index contributed by atoms with van der Waals surface area (Å²) in [6, 6.07) is 4.93. The zero-order chi connectivity index (χ0) is 17.8. The molecule has 1 aromatic rings. The van der Waals surface area contributed by atoms with Gasteiger partial charge in [0.05, 0.1) is 12.1 Å². The number of carbonyl (C=O) groups excluding carboxylic acids is 1. The Bertz CT molecular complexity index is 602. The molecule has 1 fully saturated rings. The summed E-state index contributed by atoms with van der Waals surface area (Å²) in [5.74, 6) is -0.168. The van der Waals surface area contributed by atoms with Crippen LogP contribution >= 0.6 is 0 Å². The molecule has 0 radical (unpaired) electrons. The third-order valence-electron chi connectivity index (χ3n) is 5.06. The smallest absolute Gasteiger partial charge is 0.318 e. The zero-order valence-corrected chi connectivity index (χ0v) is 15.1. The summed E-state index contributed by atoms with van der Waals surface area (Å²) in [6.45, 7) is 2.85. The largest absolute Gasteiger partial charge is 0.376 e. The third-order valence-corrected chi connectivity index (χ3v) is 5.06. The molecule has 1 aromatic carbocycles. The Morgan fingerprint density at radius 1 is 1.32 bits per heavy atom. The molecular formula is C19H28FN3O2. The summed E-state index contributed by atoms with van der Waals surface area (Å²) in [6.07, 6.45) is 3.62. The molecule has 6 heteroatoms. The van der Waals surface area contributed by atoms with Crippen LogP contribution < -0.4 is 5.32 Å². The molecule has 0 saturated carbocycles. The second kappa shape index (κ2) is 8.15. The van der Waals surface area contributed by atoms with Crippen LogP contribution in [0.5, 0.6) is 0 Å². The number of rotatable bonds is 6. The number of hydrogen-bond acceptors (Lipinski definition) is 3. The van der Waals surface area contributed by atoms with Crippen LogP contribution in [-0.2, 0) is 11.2 Å². The molecular weight excluding hydrogens is 321 g/mol. The maximum Gasteiger partial charge on any atom is 0.318 e. The van der Waals surface area contributed by atoms with E-state index in [1.165, 1.54) is 6.07 Å². The summed E-state index contributed by atoms with van der Waals surface area (Å²) < 4.78 is 19.6. The summed E-state index contributed by atoms with van der Waals surface area (Å²) >= 11 is 0. The monoisotopic (exact) mass is 349 g/mol. The highest BCUT2D eigenvalue weighted by Gasteiger charge is 2.29. The lowest BCUT2D eigenvalue weighted by Crippen LogP contribution is -2.47. The van der Waals surface area contributed by atoms with Crippen molar-refractivity contribution >= 4 is 6.03 Å². The van der Waals surface area contributed by atoms with Crippen LogP contribution in [0.15, 0.2) is 18.2 Å². The molecule has 2 aliphatic rings. The lowest BCUT2D eigenvalue weighted by molar-refractivity contribution is 0.0790. The molecule has 1 N–H and O–H groups in total. The molecule has 2 atom stereocenters. The first-order valence-corrected chi connectivity index (χ1v) is 9.13. The first-order chi connectivity index (χ1) is 12.0. The number of likely N-dealkylation sites (N-methyl/N-ethyl adjacent to an activating group) is 1. The first-order valence-electron chi connectivity index (χ1n) is 9.13. The van der Waals surface area contributed by atoms with Gasteiger partial charge in [0.2, 0.25) is 0 Å². The Kier molecular flexibility index (Phi) is 5.91. The number of ether oxygens (including phenoxy) is 1. The van der Waals surface area contributed by atoms with E-state index in [2.05, 4.69) is 10.2 Å². The fourth-order valence-electron chi connectivity index (χ4n) is 3.63. The van der Waals surface area contributed by atoms with E-state index in [-0.39, 0.29) is 24.0 Å². The van der Waals surface area contributed by atoms with Gasteiger partial charge in [-0.2, -0.15) is 0 Å². The fourth-order valence-corrected chi connectivity index (χ4v) is 3.63. The number of carbonyl (C=O) groups is 1. The standard InChI is InChI=1S/C19H28FN3O2/c1-22(2)10-11-23(13-14-5-4-12-25-14)19(24)21-18-9-8-15-16(18)6-3-7-17(15)20/h3,6-7,14,18H,4-5,8-13H2,1-2H3,(H,21,24)/t14-,18+/m0/s1. The van der Waals surface area contributed by atoms with Crippen molar-refractivity contribution in [3.63, 3.8) is 0 Å². The van der Waals surface area contributed by atoms with Crippen molar-refractivity contribution in [1.29, 1.82) is 0 Å². The van der Waals surface area contributed by atoms with Crippen LogP contribution in [0.2, 0.25) is 0 Å². The Hall–Kier alpha value is -1.66. The maximum atomic E-state index is 13.9. The van der Waals surface area contributed by atoms with Gasteiger partial charge in [0.15, 0.2) is 0 Å². The van der Waals surface area contributed by atoms with E-state index < -0.39 is 0 Å². The molecule has 1 heterocycles. The van der Waals surface area contributed by atoms with Gasteiger partial charge in [0.25, 0.3) is 0 Å². The van der Waals surface area contributed by atoms with E-state index in [0.717, 1.165) is 43.5 Å². The van der Waals surface area contributed by atoms with Gasteiger partial charge in [0.1, 0.15) is 5.82 Å². The van der Waals surface area contributed by atoms with Crippen molar-refractivity contribution in [3.05, 3.63) is 35.1 Å². The van der Waals surface area contributed by atoms with E-state index in [1.54, 1.807) is 6.07 Å². The van der Waals surface area contributed by atoms with Crippen molar-refractivity contribution in [2.45, 2.75) is 37.8 Å². The third kappa shape index (κ3) is 4.50. The number of benzene rings is 1. The Morgan fingerprint density at radius 3 is 2.88 bits per heavy atom. The second-order valence-electron chi connectivity index (χ2n) is 7.23. The minimum Gasteiger partial charge on any atom is -0.376 e. The SMILES string of the molecule is CN(C)CCN(C[C@@H]1CCCO1)C(=O)N[C@@H]1CCc2c(F)cccc21. The fraction of sp³-hybridized carbons (Fsp3) is 0.632.